The van der Waals surface area contributed by atoms with Crippen LogP contribution in [0.3, 0.4) is 0 Å². The number of carbonyl (C=O) groups excluding carboxylic acids is 1. The molecule has 2 heterocycles. The van der Waals surface area contributed by atoms with Crippen molar-refractivity contribution in [1.82, 2.24) is 14.7 Å². The number of nitrogens with zero attached hydrogens (tertiary/aromatic N) is 3. The molecule has 0 bridgehead atoms. The predicted molar refractivity (Wildman–Crippen MR) is 52.9 cm³/mol. The number of hydrogen-bond acceptors (Lipinski definition) is 2. The van der Waals surface area contributed by atoms with E-state index in [1.165, 1.54) is 0 Å². The van der Waals surface area contributed by atoms with E-state index in [0.29, 0.717) is 12.1 Å². The van der Waals surface area contributed by atoms with Crippen LogP contribution in [0.2, 0.25) is 0 Å². The van der Waals surface area contributed by atoms with Crippen molar-refractivity contribution in [3.05, 3.63) is 30.1 Å². The Kier molecular flexibility index (Phi) is 2.35. The highest BCUT2D eigenvalue weighted by Gasteiger charge is 2.16. The molecule has 1 amide bonds. The molecule has 0 saturated carbocycles. The van der Waals surface area contributed by atoms with E-state index in [4.69, 9.17) is 0 Å². The first-order valence-electron chi connectivity index (χ1n) is 4.70. The highest BCUT2D eigenvalue weighted by Crippen LogP contribution is 2.07. The van der Waals surface area contributed by atoms with E-state index in [1.807, 2.05) is 18.0 Å². The normalized spacial score (nSPS) is 15.9. The quantitative estimate of drug-likeness (QED) is 0.616. The Bertz CT molecular complexity index is 367. The maximum absolute atomic E-state index is 11.9. The van der Waals surface area contributed by atoms with Gasteiger partial charge in [-0.3, -0.25) is 9.48 Å². The van der Waals surface area contributed by atoms with Crippen molar-refractivity contribution in [3.8, 4) is 0 Å². The van der Waals surface area contributed by atoms with Crippen LogP contribution in [0.25, 0.3) is 0 Å². The summed E-state index contributed by atoms with van der Waals surface area (Å²) in [5, 5.41) is 3.98. The summed E-state index contributed by atoms with van der Waals surface area (Å²) in [5.41, 5.74) is 0.669. The number of aromatic nitrogens is 2. The zero-order valence-corrected chi connectivity index (χ0v) is 8.18. The van der Waals surface area contributed by atoms with Gasteiger partial charge >= 0.3 is 0 Å². The Morgan fingerprint density at radius 1 is 1.50 bits per heavy atom. The molecule has 0 spiro atoms. The molecule has 0 saturated heterocycles. The summed E-state index contributed by atoms with van der Waals surface area (Å²) < 4.78 is 1.65. The van der Waals surface area contributed by atoms with Crippen molar-refractivity contribution in [2.24, 2.45) is 7.05 Å². The largest absolute Gasteiger partial charge is 0.335 e. The molecular weight excluding hydrogens is 178 g/mol. The molecule has 0 unspecified atom stereocenters. The van der Waals surface area contributed by atoms with Crippen molar-refractivity contribution >= 4 is 5.91 Å². The van der Waals surface area contributed by atoms with E-state index in [2.05, 4.69) is 11.2 Å². The van der Waals surface area contributed by atoms with Gasteiger partial charge in [0.05, 0.1) is 11.8 Å². The van der Waals surface area contributed by atoms with E-state index in [9.17, 15) is 4.79 Å². The van der Waals surface area contributed by atoms with Crippen LogP contribution in [0.15, 0.2) is 24.5 Å². The Labute approximate surface area is 82.8 Å². The standard InChI is InChI=1S/C10H13N3O/c1-12-8-9(7-11-12)10(14)13-5-3-2-4-6-13/h2-3,7-8H,4-6H2,1H3. The highest BCUT2D eigenvalue weighted by atomic mass is 16.2. The molecule has 0 aromatic carbocycles. The van der Waals surface area contributed by atoms with Crippen LogP contribution in [0.5, 0.6) is 0 Å². The number of amides is 1. The first-order valence-corrected chi connectivity index (χ1v) is 4.70. The van der Waals surface area contributed by atoms with Crippen molar-refractivity contribution in [2.75, 3.05) is 13.1 Å². The van der Waals surface area contributed by atoms with Gasteiger partial charge in [0.25, 0.3) is 5.91 Å². The first-order chi connectivity index (χ1) is 6.77. The minimum absolute atomic E-state index is 0.0717. The zero-order chi connectivity index (χ0) is 9.97. The lowest BCUT2D eigenvalue weighted by molar-refractivity contribution is 0.0771. The lowest BCUT2D eigenvalue weighted by atomic mass is 10.2. The molecule has 2 rings (SSSR count). The number of carbonyl (C=O) groups is 1. The van der Waals surface area contributed by atoms with Crippen LogP contribution in [0.1, 0.15) is 16.8 Å². The van der Waals surface area contributed by atoms with Gasteiger partial charge in [0.2, 0.25) is 0 Å². The highest BCUT2D eigenvalue weighted by molar-refractivity contribution is 5.93. The Morgan fingerprint density at radius 2 is 2.36 bits per heavy atom. The van der Waals surface area contributed by atoms with Crippen LogP contribution >= 0.6 is 0 Å². The lowest BCUT2D eigenvalue weighted by Crippen LogP contribution is -2.33. The van der Waals surface area contributed by atoms with Crippen LogP contribution < -0.4 is 0 Å². The van der Waals surface area contributed by atoms with Crippen molar-refractivity contribution in [2.45, 2.75) is 6.42 Å². The fourth-order valence-electron chi connectivity index (χ4n) is 1.54. The maximum Gasteiger partial charge on any atom is 0.257 e. The third kappa shape index (κ3) is 1.69. The molecule has 1 aromatic heterocycles. The maximum atomic E-state index is 11.9. The Balaban J connectivity index is 2.11. The molecule has 0 atom stereocenters. The minimum Gasteiger partial charge on any atom is -0.335 e. The summed E-state index contributed by atoms with van der Waals surface area (Å²) in [4.78, 5) is 13.7. The van der Waals surface area contributed by atoms with Crippen LogP contribution in [-0.4, -0.2) is 33.7 Å². The molecular formula is C10H13N3O. The summed E-state index contributed by atoms with van der Waals surface area (Å²) in [6, 6.07) is 0. The molecule has 74 valence electrons. The lowest BCUT2D eigenvalue weighted by Gasteiger charge is -2.22. The first kappa shape index (κ1) is 8.99. The smallest absolute Gasteiger partial charge is 0.257 e. The fraction of sp³-hybridized carbons (Fsp3) is 0.400. The Hall–Kier alpha value is -1.58. The second kappa shape index (κ2) is 3.65. The van der Waals surface area contributed by atoms with Gasteiger partial charge in [-0.1, -0.05) is 12.2 Å². The van der Waals surface area contributed by atoms with E-state index < -0.39 is 0 Å². The predicted octanol–water partition coefficient (Wildman–Crippen LogP) is 0.822. The molecule has 1 aliphatic heterocycles. The number of aryl methyl sites for hydroxylation is 1. The minimum atomic E-state index is 0.0717. The third-order valence-electron chi connectivity index (χ3n) is 2.30. The van der Waals surface area contributed by atoms with Gasteiger partial charge < -0.3 is 4.90 Å². The van der Waals surface area contributed by atoms with Crippen LogP contribution in [-0.2, 0) is 7.05 Å². The molecule has 0 fully saturated rings. The molecule has 0 N–H and O–H groups in total. The molecule has 0 radical (unpaired) electrons. The molecule has 14 heavy (non-hydrogen) atoms. The van der Waals surface area contributed by atoms with Crippen molar-refractivity contribution in [1.29, 1.82) is 0 Å². The van der Waals surface area contributed by atoms with Crippen molar-refractivity contribution < 1.29 is 4.79 Å². The summed E-state index contributed by atoms with van der Waals surface area (Å²) in [6.45, 7) is 1.53. The van der Waals surface area contributed by atoms with Gasteiger partial charge in [-0.25, -0.2) is 0 Å². The van der Waals surface area contributed by atoms with Gasteiger partial charge in [-0.2, -0.15) is 5.10 Å². The van der Waals surface area contributed by atoms with Gasteiger partial charge in [0.15, 0.2) is 0 Å². The van der Waals surface area contributed by atoms with Gasteiger partial charge in [0.1, 0.15) is 0 Å². The average molecular weight is 191 g/mol. The Morgan fingerprint density at radius 3 is 2.93 bits per heavy atom. The molecule has 1 aromatic rings. The summed E-state index contributed by atoms with van der Waals surface area (Å²) in [7, 11) is 1.81. The van der Waals surface area contributed by atoms with E-state index in [-0.39, 0.29) is 5.91 Å². The number of rotatable bonds is 1. The van der Waals surface area contributed by atoms with Gasteiger partial charge in [0, 0.05) is 26.3 Å². The van der Waals surface area contributed by atoms with E-state index >= 15 is 0 Å². The topological polar surface area (TPSA) is 38.1 Å². The van der Waals surface area contributed by atoms with Crippen LogP contribution in [0, 0.1) is 0 Å². The summed E-state index contributed by atoms with van der Waals surface area (Å²) in [5.74, 6) is 0.0717. The molecule has 4 nitrogen and oxygen atoms in total. The number of hydrogen-bond donors (Lipinski definition) is 0. The molecule has 1 aliphatic rings. The van der Waals surface area contributed by atoms with E-state index in [1.54, 1.807) is 17.1 Å². The monoisotopic (exact) mass is 191 g/mol. The SMILES string of the molecule is Cn1cc(C(=O)N2CC=CCC2)cn1. The molecule has 0 aliphatic carbocycles. The zero-order valence-electron chi connectivity index (χ0n) is 8.18. The fourth-order valence-corrected chi connectivity index (χ4v) is 1.54. The van der Waals surface area contributed by atoms with Gasteiger partial charge in [-0.05, 0) is 6.42 Å². The third-order valence-corrected chi connectivity index (χ3v) is 2.30. The van der Waals surface area contributed by atoms with Gasteiger partial charge in [-0.15, -0.1) is 0 Å². The van der Waals surface area contributed by atoms with E-state index in [0.717, 1.165) is 13.0 Å². The molecule has 4 heteroatoms. The second-order valence-corrected chi connectivity index (χ2v) is 3.41. The summed E-state index contributed by atoms with van der Waals surface area (Å²) in [6.07, 6.45) is 8.44. The van der Waals surface area contributed by atoms with Crippen LogP contribution in [0.4, 0.5) is 0 Å². The second-order valence-electron chi connectivity index (χ2n) is 3.41. The summed E-state index contributed by atoms with van der Waals surface area (Å²) >= 11 is 0. The average Bonchev–Trinajstić information content (AvgIpc) is 2.65. The van der Waals surface area contributed by atoms with Crippen molar-refractivity contribution in [3.63, 3.8) is 0 Å².